The lowest BCUT2D eigenvalue weighted by Gasteiger charge is -2.35. The molecule has 2 N–H and O–H groups in total. The van der Waals surface area contributed by atoms with Crippen LogP contribution in [0.3, 0.4) is 0 Å². The number of piperazine rings is 1. The molecular weight excluding hydrogens is 598 g/mol. The molecule has 1 atom stereocenters. The van der Waals surface area contributed by atoms with Crippen molar-refractivity contribution in [3.8, 4) is 5.75 Å². The molecule has 1 aromatic carbocycles. The fourth-order valence-corrected chi connectivity index (χ4v) is 5.58. The zero-order valence-electron chi connectivity index (χ0n) is 26.7. The first kappa shape index (κ1) is 34.4. The second-order valence-corrected chi connectivity index (χ2v) is 11.3. The standard InChI is InChI=1S/C32H43N5O9/c1-4-44-22-10-12-35(13-11-22)28(38)20-46-27-19-26(33-25-18-21(3)6-7-23(25)27)30(41)34-24(8-9-29(39)40)31(42)36-14-16-37(17-15-36)32(43)45-5-2/h6-7,18-19,22,24H,4-5,8-17,20H2,1-3H3,(H,34,41)(H,39,40). The van der Waals surface area contributed by atoms with E-state index in [1.807, 2.05) is 26.0 Å². The van der Waals surface area contributed by atoms with E-state index in [9.17, 15) is 29.1 Å². The smallest absolute Gasteiger partial charge is 0.409 e. The van der Waals surface area contributed by atoms with Gasteiger partial charge >= 0.3 is 12.1 Å². The van der Waals surface area contributed by atoms with Crippen molar-refractivity contribution in [1.29, 1.82) is 0 Å². The minimum absolute atomic E-state index is 0.0432. The maximum atomic E-state index is 13.5. The minimum atomic E-state index is -1.14. The molecule has 2 fully saturated rings. The molecular formula is C32H43N5O9. The molecule has 0 aliphatic carbocycles. The summed E-state index contributed by atoms with van der Waals surface area (Å²) >= 11 is 0. The number of aliphatic carboxylic acids is 1. The van der Waals surface area contributed by atoms with Gasteiger partial charge in [0.2, 0.25) is 5.91 Å². The fourth-order valence-electron chi connectivity index (χ4n) is 5.58. The molecule has 14 nitrogen and oxygen atoms in total. The minimum Gasteiger partial charge on any atom is -0.483 e. The Labute approximate surface area is 267 Å². The van der Waals surface area contributed by atoms with Gasteiger partial charge in [-0.15, -0.1) is 0 Å². The number of hydrogen-bond donors (Lipinski definition) is 2. The van der Waals surface area contributed by atoms with E-state index in [-0.39, 0.29) is 75.7 Å². The quantitative estimate of drug-likeness (QED) is 0.351. The largest absolute Gasteiger partial charge is 0.483 e. The average molecular weight is 642 g/mol. The maximum Gasteiger partial charge on any atom is 0.409 e. The van der Waals surface area contributed by atoms with Gasteiger partial charge < -0.3 is 39.3 Å². The molecule has 2 saturated heterocycles. The van der Waals surface area contributed by atoms with E-state index in [1.165, 1.54) is 15.9 Å². The maximum absolute atomic E-state index is 13.5. The van der Waals surface area contributed by atoms with E-state index >= 15 is 0 Å². The Balaban J connectivity index is 1.48. The van der Waals surface area contributed by atoms with Gasteiger partial charge in [0.05, 0.1) is 18.2 Å². The van der Waals surface area contributed by atoms with Gasteiger partial charge in [0.1, 0.15) is 17.5 Å². The van der Waals surface area contributed by atoms with Crippen LogP contribution in [0.4, 0.5) is 4.79 Å². The van der Waals surface area contributed by atoms with Crippen molar-refractivity contribution in [2.24, 2.45) is 0 Å². The summed E-state index contributed by atoms with van der Waals surface area (Å²) in [5.41, 5.74) is 1.32. The van der Waals surface area contributed by atoms with E-state index in [1.54, 1.807) is 17.9 Å². The number of carboxylic acid groups (broad SMARTS) is 1. The van der Waals surface area contributed by atoms with Crippen molar-refractivity contribution >= 4 is 40.7 Å². The lowest BCUT2D eigenvalue weighted by atomic mass is 10.1. The Morgan fingerprint density at radius 3 is 2.30 bits per heavy atom. The van der Waals surface area contributed by atoms with E-state index in [2.05, 4.69) is 10.3 Å². The van der Waals surface area contributed by atoms with Gasteiger partial charge in [-0.3, -0.25) is 19.2 Å². The number of aromatic nitrogens is 1. The normalized spacial score (nSPS) is 16.2. The van der Waals surface area contributed by atoms with Crippen LogP contribution in [0, 0.1) is 6.92 Å². The van der Waals surface area contributed by atoms with Gasteiger partial charge in [-0.2, -0.15) is 0 Å². The molecule has 46 heavy (non-hydrogen) atoms. The van der Waals surface area contributed by atoms with Gasteiger partial charge in [0, 0.05) is 63.7 Å². The highest BCUT2D eigenvalue weighted by molar-refractivity contribution is 5.99. The number of piperidine rings is 1. The number of benzene rings is 1. The number of hydrogen-bond acceptors (Lipinski definition) is 9. The SMILES string of the molecule is CCOC(=O)N1CCN(C(=O)C(CCC(=O)O)NC(=O)c2cc(OCC(=O)N3CCC(OCC)CC3)c3ccc(C)cc3n2)CC1. The topological polar surface area (TPSA) is 168 Å². The van der Waals surface area contributed by atoms with Crippen LogP contribution in [-0.4, -0.2) is 126 Å². The molecule has 2 aromatic rings. The first-order valence-electron chi connectivity index (χ1n) is 15.8. The summed E-state index contributed by atoms with van der Waals surface area (Å²) in [5.74, 6) is -2.14. The van der Waals surface area contributed by atoms with Crippen LogP contribution in [0.1, 0.15) is 55.6 Å². The summed E-state index contributed by atoms with van der Waals surface area (Å²) in [6.45, 7) is 8.24. The number of ether oxygens (including phenoxy) is 3. The number of pyridine rings is 1. The van der Waals surface area contributed by atoms with Crippen molar-refractivity contribution in [3.63, 3.8) is 0 Å². The number of nitrogens with zero attached hydrogens (tertiary/aromatic N) is 4. The Hall–Kier alpha value is -4.46. The predicted molar refractivity (Wildman–Crippen MR) is 167 cm³/mol. The monoisotopic (exact) mass is 641 g/mol. The van der Waals surface area contributed by atoms with Crippen LogP contribution in [0.25, 0.3) is 10.9 Å². The highest BCUT2D eigenvalue weighted by Gasteiger charge is 2.31. The molecule has 0 bridgehead atoms. The van der Waals surface area contributed by atoms with Crippen molar-refractivity contribution in [2.45, 2.75) is 58.6 Å². The van der Waals surface area contributed by atoms with E-state index in [0.29, 0.717) is 30.6 Å². The molecule has 250 valence electrons. The molecule has 4 amide bonds. The van der Waals surface area contributed by atoms with Crippen molar-refractivity contribution < 1.29 is 43.3 Å². The Bertz CT molecular complexity index is 1420. The van der Waals surface area contributed by atoms with Crippen LogP contribution in [-0.2, 0) is 23.9 Å². The number of carbonyl (C=O) groups excluding carboxylic acids is 4. The molecule has 0 saturated carbocycles. The highest BCUT2D eigenvalue weighted by Crippen LogP contribution is 2.27. The van der Waals surface area contributed by atoms with Crippen molar-refractivity contribution in [3.05, 3.63) is 35.5 Å². The molecule has 4 rings (SSSR count). The summed E-state index contributed by atoms with van der Waals surface area (Å²) in [6, 6.07) is 5.76. The zero-order chi connectivity index (χ0) is 33.2. The molecule has 2 aliphatic heterocycles. The van der Waals surface area contributed by atoms with Gasteiger partial charge in [-0.1, -0.05) is 6.07 Å². The second kappa shape index (κ2) is 16.2. The lowest BCUT2D eigenvalue weighted by Crippen LogP contribution is -2.56. The van der Waals surface area contributed by atoms with E-state index in [4.69, 9.17) is 14.2 Å². The third-order valence-electron chi connectivity index (χ3n) is 8.08. The van der Waals surface area contributed by atoms with Crippen LogP contribution in [0.15, 0.2) is 24.3 Å². The van der Waals surface area contributed by atoms with Gasteiger partial charge in [0.25, 0.3) is 11.8 Å². The van der Waals surface area contributed by atoms with Gasteiger partial charge in [-0.05, 0) is 57.7 Å². The van der Waals surface area contributed by atoms with Crippen LogP contribution >= 0.6 is 0 Å². The number of carbonyl (C=O) groups is 5. The molecule has 0 spiro atoms. The number of nitrogens with one attached hydrogen (secondary N) is 1. The van der Waals surface area contributed by atoms with Crippen LogP contribution in [0.2, 0.25) is 0 Å². The Morgan fingerprint density at radius 1 is 0.957 bits per heavy atom. The third kappa shape index (κ3) is 9.05. The Morgan fingerprint density at radius 2 is 1.65 bits per heavy atom. The van der Waals surface area contributed by atoms with Crippen molar-refractivity contribution in [1.82, 2.24) is 25.0 Å². The number of aryl methyl sites for hydroxylation is 1. The van der Waals surface area contributed by atoms with Crippen LogP contribution < -0.4 is 10.1 Å². The zero-order valence-corrected chi connectivity index (χ0v) is 26.7. The fraction of sp³-hybridized carbons (Fsp3) is 0.562. The first-order valence-corrected chi connectivity index (χ1v) is 15.8. The number of fused-ring (bicyclic) bond motifs is 1. The van der Waals surface area contributed by atoms with E-state index < -0.39 is 29.9 Å². The molecule has 1 unspecified atom stereocenters. The average Bonchev–Trinajstić information content (AvgIpc) is 3.05. The number of rotatable bonds is 12. The Kier molecular flexibility index (Phi) is 12.1. The predicted octanol–water partition coefficient (Wildman–Crippen LogP) is 2.21. The van der Waals surface area contributed by atoms with E-state index in [0.717, 1.165) is 18.4 Å². The summed E-state index contributed by atoms with van der Waals surface area (Å²) in [7, 11) is 0. The summed E-state index contributed by atoms with van der Waals surface area (Å²) in [6.07, 6.45) is 0.705. The highest BCUT2D eigenvalue weighted by atomic mass is 16.6. The van der Waals surface area contributed by atoms with Gasteiger partial charge in [-0.25, -0.2) is 9.78 Å². The molecule has 0 radical (unpaired) electrons. The van der Waals surface area contributed by atoms with Crippen molar-refractivity contribution in [2.75, 3.05) is 59.1 Å². The van der Waals surface area contributed by atoms with Crippen LogP contribution in [0.5, 0.6) is 5.75 Å². The molecule has 14 heteroatoms. The third-order valence-corrected chi connectivity index (χ3v) is 8.08. The molecule has 2 aliphatic rings. The summed E-state index contributed by atoms with van der Waals surface area (Å²) in [4.78, 5) is 72.7. The number of amides is 4. The summed E-state index contributed by atoms with van der Waals surface area (Å²) < 4.78 is 16.7. The number of carboxylic acids is 1. The lowest BCUT2D eigenvalue weighted by molar-refractivity contribution is -0.138. The van der Waals surface area contributed by atoms with Gasteiger partial charge in [0.15, 0.2) is 6.61 Å². The second-order valence-electron chi connectivity index (χ2n) is 11.3. The first-order chi connectivity index (χ1) is 22.1. The summed E-state index contributed by atoms with van der Waals surface area (Å²) in [5, 5.41) is 12.6. The molecule has 3 heterocycles. The molecule has 1 aromatic heterocycles. The number of likely N-dealkylation sites (tertiary alicyclic amines) is 1.